The zero-order chi connectivity index (χ0) is 24.1. The maximum absolute atomic E-state index is 11.1. The largest absolute Gasteiger partial charge is 1.00 e. The van der Waals surface area contributed by atoms with Gasteiger partial charge in [0, 0.05) is 37.0 Å². The van der Waals surface area contributed by atoms with Crippen LogP contribution in [0.25, 0.3) is 0 Å². The third-order valence-corrected chi connectivity index (χ3v) is 8.35. The van der Waals surface area contributed by atoms with E-state index in [9.17, 15) is 19.8 Å². The van der Waals surface area contributed by atoms with Crippen molar-refractivity contribution in [2.45, 2.75) is 62.4 Å². The molecule has 1 aromatic rings. The number of hydrogen-bond acceptors (Lipinski definition) is 9. The molecule has 0 amide bonds. The summed E-state index contributed by atoms with van der Waals surface area (Å²) in [6.45, 7) is 2.51. The molecule has 186 valence electrons. The van der Waals surface area contributed by atoms with Crippen LogP contribution in [0.5, 0.6) is 5.75 Å². The molecule has 4 saturated carbocycles. The van der Waals surface area contributed by atoms with Gasteiger partial charge in [0.1, 0.15) is 5.75 Å². The van der Waals surface area contributed by atoms with E-state index < -0.39 is 34.8 Å². The zero-order valence-electron chi connectivity index (χ0n) is 21.4. The number of carbonyl (C=O) groups is 2. The van der Waals surface area contributed by atoms with Crippen molar-refractivity contribution in [2.75, 3.05) is 20.3 Å². The van der Waals surface area contributed by atoms with Gasteiger partial charge in [0.15, 0.2) is 5.60 Å². The minimum atomic E-state index is -1.68. The van der Waals surface area contributed by atoms with Gasteiger partial charge < -0.3 is 34.0 Å². The van der Waals surface area contributed by atoms with Gasteiger partial charge in [-0.3, -0.25) is 0 Å². The molecule has 6 rings (SSSR count). The molecule has 11 heteroatoms. The second kappa shape index (κ2) is 11.5. The predicted molar refractivity (Wildman–Crippen MR) is 112 cm³/mol. The van der Waals surface area contributed by atoms with Crippen LogP contribution in [0.15, 0.2) is 24.3 Å². The van der Waals surface area contributed by atoms with Crippen molar-refractivity contribution in [2.24, 2.45) is 23.7 Å². The first kappa shape index (κ1) is 30.3. The van der Waals surface area contributed by atoms with Crippen LogP contribution in [0, 0.1) is 23.7 Å². The molecule has 1 heterocycles. The molecule has 36 heavy (non-hydrogen) atoms. The van der Waals surface area contributed by atoms with E-state index in [4.69, 9.17) is 24.0 Å². The summed E-state index contributed by atoms with van der Waals surface area (Å²) in [5, 5.41) is 22.2. The summed E-state index contributed by atoms with van der Waals surface area (Å²) in [7, 11) is 1.63. The Morgan fingerprint density at radius 2 is 1.75 bits per heavy atom. The van der Waals surface area contributed by atoms with Gasteiger partial charge in [0.25, 0.3) is 5.79 Å². The third kappa shape index (κ3) is 4.72. The molecule has 1 spiro atoms. The summed E-state index contributed by atoms with van der Waals surface area (Å²) < 4.78 is 18.0. The summed E-state index contributed by atoms with van der Waals surface area (Å²) in [6, 6.07) is 7.72. The first-order valence-electron chi connectivity index (χ1n) is 12.0. The molecule has 9 nitrogen and oxygen atoms in total. The molecule has 5 aliphatic rings. The first-order chi connectivity index (χ1) is 16.3. The molecule has 4 bridgehead atoms. The van der Waals surface area contributed by atoms with Crippen LogP contribution in [0.3, 0.4) is 0 Å². The van der Waals surface area contributed by atoms with E-state index >= 15 is 0 Å². The fourth-order valence-corrected chi connectivity index (χ4v) is 7.23. The summed E-state index contributed by atoms with van der Waals surface area (Å²) in [4.78, 5) is 34.0. The van der Waals surface area contributed by atoms with Gasteiger partial charge in [-0.15, -0.1) is 0 Å². The van der Waals surface area contributed by atoms with Gasteiger partial charge in [-0.05, 0) is 63.5 Å². The quantitative estimate of drug-likeness (QED) is 0.169. The van der Waals surface area contributed by atoms with Gasteiger partial charge in [-0.2, -0.15) is 4.89 Å². The Morgan fingerprint density at radius 1 is 1.08 bits per heavy atom. The Balaban J connectivity index is 0.00000180. The molecular formula is C25H30Na2O9. The van der Waals surface area contributed by atoms with Gasteiger partial charge in [-0.25, -0.2) is 4.89 Å². The smallest absolute Gasteiger partial charge is 0.549 e. The molecule has 3 unspecified atom stereocenters. The van der Waals surface area contributed by atoms with Crippen LogP contribution in [0.2, 0.25) is 0 Å². The maximum Gasteiger partial charge on any atom is 1.00 e. The Bertz CT molecular complexity index is 939. The van der Waals surface area contributed by atoms with Crippen molar-refractivity contribution >= 4 is 11.9 Å². The summed E-state index contributed by atoms with van der Waals surface area (Å²) >= 11 is 0. The Morgan fingerprint density at radius 3 is 2.28 bits per heavy atom. The second-order valence-electron chi connectivity index (χ2n) is 10.1. The number of carboxylic acids is 2. The van der Waals surface area contributed by atoms with E-state index in [-0.39, 0.29) is 84.0 Å². The van der Waals surface area contributed by atoms with E-state index in [1.807, 2.05) is 31.2 Å². The minimum absolute atomic E-state index is 0. The van der Waals surface area contributed by atoms with E-state index in [0.29, 0.717) is 25.4 Å². The zero-order valence-corrected chi connectivity index (χ0v) is 25.4. The maximum atomic E-state index is 11.1. The van der Waals surface area contributed by atoms with Gasteiger partial charge in [0.2, 0.25) is 0 Å². The average molecular weight is 520 g/mol. The Labute approximate surface area is 255 Å². The molecular weight excluding hydrogens is 490 g/mol. The van der Waals surface area contributed by atoms with Crippen molar-refractivity contribution in [1.82, 2.24) is 0 Å². The SMILES string of the molecule is CCOc1cccc(C2(OC)OOC23C2CC4CC3CC(OCCC(C(=O)[O-])C(=O)[O-])(C4)C2)c1.[Na+].[Na+]. The van der Waals surface area contributed by atoms with Gasteiger partial charge in [-0.1, -0.05) is 12.1 Å². The van der Waals surface area contributed by atoms with Crippen LogP contribution in [0.4, 0.5) is 0 Å². The number of hydrogen-bond donors (Lipinski definition) is 0. The second-order valence-corrected chi connectivity index (χ2v) is 10.1. The number of aliphatic carboxylic acids is 2. The predicted octanol–water partition coefficient (Wildman–Crippen LogP) is -5.31. The van der Waals surface area contributed by atoms with Crippen LogP contribution < -0.4 is 74.1 Å². The number of rotatable bonds is 10. The van der Waals surface area contributed by atoms with Crippen molar-refractivity contribution < 1.29 is 103 Å². The molecule has 1 aromatic carbocycles. The van der Waals surface area contributed by atoms with Crippen molar-refractivity contribution in [3.63, 3.8) is 0 Å². The van der Waals surface area contributed by atoms with Crippen LogP contribution in [-0.4, -0.2) is 43.5 Å². The molecule has 0 radical (unpaired) electrons. The van der Waals surface area contributed by atoms with Crippen molar-refractivity contribution in [1.29, 1.82) is 0 Å². The molecule has 1 aliphatic heterocycles. The standard InChI is InChI=1S/C25H32O9.2Na/c1-3-31-19-6-4-5-16(11-19)25(30-2)24(33-34-25)17-9-15-10-18(24)14-23(12-15,13-17)32-8-7-20(21(26)27)22(28)29;;/h4-6,11,15,17-18,20H,3,7-10,12-14H2,1-2H3,(H,26,27)(H,28,29);;/q;2*+1/p-2. The topological polar surface area (TPSA) is 126 Å². The monoisotopic (exact) mass is 520 g/mol. The Hall–Kier alpha value is -0.200. The minimum Gasteiger partial charge on any atom is -0.549 e. The van der Waals surface area contributed by atoms with Crippen molar-refractivity contribution in [3.8, 4) is 5.75 Å². The van der Waals surface area contributed by atoms with E-state index in [1.54, 1.807) is 7.11 Å². The van der Waals surface area contributed by atoms with Crippen LogP contribution in [-0.2, 0) is 34.6 Å². The molecule has 4 aliphatic carbocycles. The van der Waals surface area contributed by atoms with Gasteiger partial charge >= 0.3 is 59.1 Å². The molecule has 3 atom stereocenters. The van der Waals surface area contributed by atoms with E-state index in [0.717, 1.165) is 30.6 Å². The normalized spacial score (nSPS) is 35.6. The average Bonchev–Trinajstić information content (AvgIpc) is 2.76. The molecule has 1 saturated heterocycles. The first-order valence-corrected chi connectivity index (χ1v) is 12.0. The summed E-state index contributed by atoms with van der Waals surface area (Å²) in [6.07, 6.45) is 4.03. The number of ether oxygens (including phenoxy) is 3. The Kier molecular flexibility index (Phi) is 9.69. The summed E-state index contributed by atoms with van der Waals surface area (Å²) in [5.74, 6) is -4.61. The molecule has 0 N–H and O–H groups in total. The van der Waals surface area contributed by atoms with Crippen molar-refractivity contribution in [3.05, 3.63) is 29.8 Å². The summed E-state index contributed by atoms with van der Waals surface area (Å²) in [5.41, 5.74) is -0.245. The number of benzene rings is 1. The number of carbonyl (C=O) groups excluding carboxylic acids is 2. The fourth-order valence-electron chi connectivity index (χ4n) is 7.23. The van der Waals surface area contributed by atoms with Crippen LogP contribution in [0.1, 0.15) is 51.0 Å². The number of methoxy groups -OCH3 is 1. The molecule has 5 fully saturated rings. The van der Waals surface area contributed by atoms with E-state index in [1.165, 1.54) is 0 Å². The van der Waals surface area contributed by atoms with Crippen LogP contribution >= 0.6 is 0 Å². The van der Waals surface area contributed by atoms with Gasteiger partial charge in [0.05, 0.1) is 24.1 Å². The number of carboxylic acid groups (broad SMARTS) is 2. The third-order valence-electron chi connectivity index (χ3n) is 8.35. The van der Waals surface area contributed by atoms with E-state index in [2.05, 4.69) is 0 Å². The fraction of sp³-hybridized carbons (Fsp3) is 0.680. The molecule has 0 aromatic heterocycles.